The van der Waals surface area contributed by atoms with E-state index in [1.54, 1.807) is 0 Å². The molecule has 0 fully saturated rings. The van der Waals surface area contributed by atoms with E-state index in [-0.39, 0.29) is 24.0 Å². The van der Waals surface area contributed by atoms with Crippen molar-refractivity contribution in [2.75, 3.05) is 13.7 Å². The summed E-state index contributed by atoms with van der Waals surface area (Å²) >= 11 is 0. The number of methoxy groups -OCH3 is 1. The summed E-state index contributed by atoms with van der Waals surface area (Å²) in [4.78, 5) is 11.1. The zero-order chi connectivity index (χ0) is 13.6. The van der Waals surface area contributed by atoms with Gasteiger partial charge < -0.3 is 10.1 Å². The van der Waals surface area contributed by atoms with Crippen LogP contribution in [0, 0.1) is 0 Å². The lowest BCUT2D eigenvalue weighted by atomic mass is 9.79. The molecule has 100 valence electrons. The Labute approximate surface area is 110 Å². The number of benzene rings is 1. The lowest BCUT2D eigenvalue weighted by Gasteiger charge is -2.29. The topological polar surface area (TPSA) is 38.3 Å². The Morgan fingerprint density at radius 1 is 1.33 bits per heavy atom. The number of hydrogen-bond donors (Lipinski definition) is 1. The first-order valence-electron chi connectivity index (χ1n) is 6.31. The molecular weight excluding hydrogens is 226 g/mol. The summed E-state index contributed by atoms with van der Waals surface area (Å²) < 4.78 is 4.61. The van der Waals surface area contributed by atoms with Crippen molar-refractivity contribution in [1.29, 1.82) is 0 Å². The first-order valence-corrected chi connectivity index (χ1v) is 6.31. The molecule has 0 aliphatic rings. The van der Waals surface area contributed by atoms with E-state index in [4.69, 9.17) is 0 Å². The minimum absolute atomic E-state index is 0.0871. The average molecular weight is 249 g/mol. The van der Waals surface area contributed by atoms with Crippen LogP contribution < -0.4 is 5.32 Å². The molecule has 0 heterocycles. The second kappa shape index (κ2) is 6.55. The molecule has 0 aliphatic heterocycles. The Hall–Kier alpha value is -1.35. The summed E-state index contributed by atoms with van der Waals surface area (Å²) in [6, 6.07) is 10.7. The molecule has 0 saturated carbocycles. The molecule has 0 amide bonds. The first-order chi connectivity index (χ1) is 8.45. The number of esters is 1. The van der Waals surface area contributed by atoms with Gasteiger partial charge in [-0.3, -0.25) is 4.79 Å². The summed E-state index contributed by atoms with van der Waals surface area (Å²) in [5, 5.41) is 3.18. The summed E-state index contributed by atoms with van der Waals surface area (Å²) in [5.41, 5.74) is 1.40. The van der Waals surface area contributed by atoms with Crippen LogP contribution in [-0.4, -0.2) is 25.7 Å². The molecule has 0 bridgehead atoms. The minimum Gasteiger partial charge on any atom is -0.468 e. The number of hydrogen-bond acceptors (Lipinski definition) is 3. The molecule has 1 N–H and O–H groups in total. The van der Waals surface area contributed by atoms with Crippen molar-refractivity contribution < 1.29 is 9.53 Å². The van der Waals surface area contributed by atoms with E-state index in [1.165, 1.54) is 12.7 Å². The molecule has 18 heavy (non-hydrogen) atoms. The van der Waals surface area contributed by atoms with Crippen LogP contribution in [-0.2, 0) is 14.9 Å². The van der Waals surface area contributed by atoms with E-state index in [0.717, 1.165) is 6.42 Å². The zero-order valence-corrected chi connectivity index (χ0v) is 11.7. The first kappa shape index (κ1) is 14.7. The number of ether oxygens (including phenoxy) is 1. The molecule has 1 rings (SSSR count). The van der Waals surface area contributed by atoms with Gasteiger partial charge in [-0.25, -0.2) is 0 Å². The van der Waals surface area contributed by atoms with Gasteiger partial charge in [-0.1, -0.05) is 44.2 Å². The number of carbonyl (C=O) groups excluding carboxylic acids is 1. The summed E-state index contributed by atoms with van der Waals surface area (Å²) in [6.07, 6.45) is 0.966. The Balaban J connectivity index is 2.52. The maximum Gasteiger partial charge on any atom is 0.319 e. The summed E-state index contributed by atoms with van der Waals surface area (Å²) in [7, 11) is 1.41. The minimum atomic E-state index is -0.223. The van der Waals surface area contributed by atoms with Gasteiger partial charge in [0, 0.05) is 6.04 Å². The van der Waals surface area contributed by atoms with Crippen molar-refractivity contribution in [2.24, 2.45) is 0 Å². The Bertz CT molecular complexity index is 373. The van der Waals surface area contributed by atoms with Crippen molar-refractivity contribution >= 4 is 5.97 Å². The van der Waals surface area contributed by atoms with Crippen LogP contribution in [0.3, 0.4) is 0 Å². The SMILES string of the molecule is COC(=O)CNC(C)CC(C)(C)c1ccccc1. The monoisotopic (exact) mass is 249 g/mol. The van der Waals surface area contributed by atoms with Gasteiger partial charge in [0.2, 0.25) is 0 Å². The van der Waals surface area contributed by atoms with Gasteiger partial charge in [-0.2, -0.15) is 0 Å². The van der Waals surface area contributed by atoms with Gasteiger partial charge in [0.15, 0.2) is 0 Å². The van der Waals surface area contributed by atoms with E-state index in [0.29, 0.717) is 0 Å². The van der Waals surface area contributed by atoms with Crippen LogP contribution in [0.25, 0.3) is 0 Å². The molecule has 0 aromatic heterocycles. The predicted octanol–water partition coefficient (Wildman–Crippen LogP) is 2.51. The summed E-state index contributed by atoms with van der Waals surface area (Å²) in [5.74, 6) is -0.223. The van der Waals surface area contributed by atoms with Gasteiger partial charge in [-0.05, 0) is 24.3 Å². The van der Waals surface area contributed by atoms with Crippen LogP contribution in [0.5, 0.6) is 0 Å². The normalized spacial score (nSPS) is 13.1. The molecule has 1 aromatic carbocycles. The molecule has 1 unspecified atom stereocenters. The average Bonchev–Trinajstić information content (AvgIpc) is 2.36. The third-order valence-corrected chi connectivity index (χ3v) is 3.19. The largest absolute Gasteiger partial charge is 0.468 e. The van der Waals surface area contributed by atoms with Crippen molar-refractivity contribution in [2.45, 2.75) is 38.6 Å². The molecular formula is C15H23NO2. The Morgan fingerprint density at radius 3 is 2.50 bits per heavy atom. The molecule has 0 aliphatic carbocycles. The molecule has 3 heteroatoms. The molecule has 1 atom stereocenters. The smallest absolute Gasteiger partial charge is 0.319 e. The van der Waals surface area contributed by atoms with Crippen LogP contribution in [0.1, 0.15) is 32.8 Å². The van der Waals surface area contributed by atoms with E-state index in [2.05, 4.69) is 55.1 Å². The Kier molecular flexibility index (Phi) is 5.35. The molecule has 3 nitrogen and oxygen atoms in total. The lowest BCUT2D eigenvalue weighted by molar-refractivity contribution is -0.139. The van der Waals surface area contributed by atoms with E-state index in [1.807, 2.05) is 6.07 Å². The van der Waals surface area contributed by atoms with Crippen molar-refractivity contribution in [3.8, 4) is 0 Å². The van der Waals surface area contributed by atoms with Gasteiger partial charge in [0.25, 0.3) is 0 Å². The van der Waals surface area contributed by atoms with Crippen molar-refractivity contribution in [3.05, 3.63) is 35.9 Å². The number of carbonyl (C=O) groups is 1. The second-order valence-corrected chi connectivity index (χ2v) is 5.31. The van der Waals surface area contributed by atoms with E-state index < -0.39 is 0 Å². The lowest BCUT2D eigenvalue weighted by Crippen LogP contribution is -2.36. The van der Waals surface area contributed by atoms with E-state index in [9.17, 15) is 4.79 Å². The number of nitrogens with one attached hydrogen (secondary N) is 1. The predicted molar refractivity (Wildman–Crippen MR) is 73.6 cm³/mol. The molecule has 1 aromatic rings. The van der Waals surface area contributed by atoms with Gasteiger partial charge in [0.05, 0.1) is 13.7 Å². The van der Waals surface area contributed by atoms with Gasteiger partial charge >= 0.3 is 5.97 Å². The third-order valence-electron chi connectivity index (χ3n) is 3.19. The van der Waals surface area contributed by atoms with Crippen LogP contribution in [0.4, 0.5) is 0 Å². The van der Waals surface area contributed by atoms with Crippen molar-refractivity contribution in [1.82, 2.24) is 5.32 Å². The fourth-order valence-electron chi connectivity index (χ4n) is 2.17. The van der Waals surface area contributed by atoms with E-state index >= 15 is 0 Å². The zero-order valence-electron chi connectivity index (χ0n) is 11.7. The highest BCUT2D eigenvalue weighted by Crippen LogP contribution is 2.27. The van der Waals surface area contributed by atoms with Crippen molar-refractivity contribution in [3.63, 3.8) is 0 Å². The van der Waals surface area contributed by atoms with Crippen LogP contribution in [0.2, 0.25) is 0 Å². The molecule has 0 spiro atoms. The summed E-state index contributed by atoms with van der Waals surface area (Å²) in [6.45, 7) is 6.80. The highest BCUT2D eigenvalue weighted by Gasteiger charge is 2.23. The Morgan fingerprint density at radius 2 is 1.94 bits per heavy atom. The molecule has 0 saturated heterocycles. The maximum absolute atomic E-state index is 11.1. The molecule has 0 radical (unpaired) electrons. The standard InChI is InChI=1S/C15H23NO2/c1-12(16-11-14(17)18-4)10-15(2,3)13-8-6-5-7-9-13/h5-9,12,16H,10-11H2,1-4H3. The fourth-order valence-corrected chi connectivity index (χ4v) is 2.17. The highest BCUT2D eigenvalue weighted by molar-refractivity contribution is 5.71. The van der Waals surface area contributed by atoms with Gasteiger partial charge in [-0.15, -0.1) is 0 Å². The van der Waals surface area contributed by atoms with Crippen LogP contribution >= 0.6 is 0 Å². The maximum atomic E-state index is 11.1. The van der Waals surface area contributed by atoms with Crippen LogP contribution in [0.15, 0.2) is 30.3 Å². The number of rotatable bonds is 6. The quantitative estimate of drug-likeness (QED) is 0.787. The van der Waals surface area contributed by atoms with Gasteiger partial charge in [0.1, 0.15) is 0 Å². The second-order valence-electron chi connectivity index (χ2n) is 5.31. The fraction of sp³-hybridized carbons (Fsp3) is 0.533. The third kappa shape index (κ3) is 4.49. The highest BCUT2D eigenvalue weighted by atomic mass is 16.5.